The summed E-state index contributed by atoms with van der Waals surface area (Å²) < 4.78 is 0.937. The van der Waals surface area contributed by atoms with Crippen molar-refractivity contribution in [2.75, 3.05) is 0 Å². The maximum absolute atomic E-state index is 5.68. The first-order valence-corrected chi connectivity index (χ1v) is 4.02. The van der Waals surface area contributed by atoms with Crippen molar-refractivity contribution in [3.8, 4) is 0 Å². The molecule has 1 rings (SSSR count). The van der Waals surface area contributed by atoms with Crippen molar-refractivity contribution >= 4 is 15.9 Å². The van der Waals surface area contributed by atoms with Crippen LogP contribution in [-0.4, -0.2) is 4.98 Å². The third kappa shape index (κ3) is 2.13. The van der Waals surface area contributed by atoms with Crippen LogP contribution in [0.15, 0.2) is 35.6 Å². The van der Waals surface area contributed by atoms with Gasteiger partial charge in [-0.05, 0) is 27.6 Å². The normalized spacial score (nSPS) is 12.5. The Bertz CT molecular complexity index is 260. The second kappa shape index (κ2) is 3.64. The van der Waals surface area contributed by atoms with E-state index in [-0.39, 0.29) is 6.04 Å². The molecule has 1 atom stereocenters. The second-order valence-corrected chi connectivity index (χ2v) is 3.11. The number of halogens is 1. The fourth-order valence-corrected chi connectivity index (χ4v) is 1.13. The Balaban J connectivity index is 2.95. The monoisotopic (exact) mass is 212 g/mol. The highest BCUT2D eigenvalue weighted by Crippen LogP contribution is 2.14. The summed E-state index contributed by atoms with van der Waals surface area (Å²) in [5.41, 5.74) is 6.65. The quantitative estimate of drug-likeness (QED) is 0.763. The minimum atomic E-state index is -0.125. The maximum atomic E-state index is 5.68. The van der Waals surface area contributed by atoms with Crippen molar-refractivity contribution in [3.05, 3.63) is 41.2 Å². The van der Waals surface area contributed by atoms with E-state index in [9.17, 15) is 0 Å². The predicted octanol–water partition coefficient (Wildman–Crippen LogP) is 2.03. The van der Waals surface area contributed by atoms with Crippen LogP contribution in [-0.2, 0) is 0 Å². The molecule has 0 aliphatic carbocycles. The molecule has 2 N–H and O–H groups in total. The first-order chi connectivity index (χ1) is 5.24. The third-order valence-electron chi connectivity index (χ3n) is 1.36. The van der Waals surface area contributed by atoms with Gasteiger partial charge in [0.25, 0.3) is 0 Å². The molecule has 1 aromatic rings. The highest BCUT2D eigenvalue weighted by Gasteiger charge is 2.00. The van der Waals surface area contributed by atoms with Crippen molar-refractivity contribution in [2.45, 2.75) is 6.04 Å². The van der Waals surface area contributed by atoms with E-state index < -0.39 is 0 Å². The van der Waals surface area contributed by atoms with Gasteiger partial charge in [0, 0.05) is 22.9 Å². The first-order valence-electron chi connectivity index (χ1n) is 3.22. The molecule has 3 heteroatoms. The van der Waals surface area contributed by atoms with Crippen LogP contribution < -0.4 is 5.73 Å². The molecule has 0 spiro atoms. The Morgan fingerprint density at radius 1 is 1.64 bits per heavy atom. The van der Waals surface area contributed by atoms with Gasteiger partial charge in [0.1, 0.15) is 0 Å². The highest BCUT2D eigenvalue weighted by atomic mass is 79.9. The van der Waals surface area contributed by atoms with E-state index in [0.717, 1.165) is 10.0 Å². The van der Waals surface area contributed by atoms with Crippen LogP contribution in [0.25, 0.3) is 0 Å². The Kier molecular flexibility index (Phi) is 2.79. The lowest BCUT2D eigenvalue weighted by molar-refractivity contribution is 0.902. The fraction of sp³-hybridized carbons (Fsp3) is 0.125. The Hall–Kier alpha value is -0.670. The van der Waals surface area contributed by atoms with E-state index in [1.807, 2.05) is 6.07 Å². The van der Waals surface area contributed by atoms with E-state index in [4.69, 9.17) is 5.73 Å². The molecule has 0 aliphatic heterocycles. The summed E-state index contributed by atoms with van der Waals surface area (Å²) in [6.07, 6.45) is 5.14. The molecule has 0 radical (unpaired) electrons. The predicted molar refractivity (Wildman–Crippen MR) is 49.1 cm³/mol. The number of hydrogen-bond donors (Lipinski definition) is 1. The summed E-state index contributed by atoms with van der Waals surface area (Å²) in [6, 6.07) is 1.80. The van der Waals surface area contributed by atoms with E-state index in [1.165, 1.54) is 0 Å². The van der Waals surface area contributed by atoms with Crippen LogP contribution in [0.2, 0.25) is 0 Å². The lowest BCUT2D eigenvalue weighted by atomic mass is 10.1. The number of rotatable bonds is 2. The summed E-state index contributed by atoms with van der Waals surface area (Å²) >= 11 is 3.31. The van der Waals surface area contributed by atoms with E-state index in [0.29, 0.717) is 0 Å². The second-order valence-electron chi connectivity index (χ2n) is 2.20. The lowest BCUT2D eigenvalue weighted by Gasteiger charge is -2.04. The van der Waals surface area contributed by atoms with Gasteiger partial charge in [0.15, 0.2) is 0 Å². The zero-order valence-corrected chi connectivity index (χ0v) is 7.58. The minimum Gasteiger partial charge on any atom is -0.321 e. The summed E-state index contributed by atoms with van der Waals surface area (Å²) in [5, 5.41) is 0. The SMILES string of the molecule is C=C[C@@H](N)c1cncc(Br)c1. The molecule has 0 saturated heterocycles. The molecule has 0 unspecified atom stereocenters. The summed E-state index contributed by atoms with van der Waals surface area (Å²) in [4.78, 5) is 3.98. The average Bonchev–Trinajstić information content (AvgIpc) is 2.03. The van der Waals surface area contributed by atoms with Gasteiger partial charge in [-0.1, -0.05) is 6.08 Å². The molecule has 0 aromatic carbocycles. The lowest BCUT2D eigenvalue weighted by Crippen LogP contribution is -2.06. The molecule has 1 aromatic heterocycles. The number of nitrogens with zero attached hydrogens (tertiary/aromatic N) is 1. The molecule has 0 amide bonds. The fourth-order valence-electron chi connectivity index (χ4n) is 0.747. The van der Waals surface area contributed by atoms with E-state index >= 15 is 0 Å². The van der Waals surface area contributed by atoms with Gasteiger partial charge in [-0.3, -0.25) is 4.98 Å². The van der Waals surface area contributed by atoms with Crippen molar-refractivity contribution in [1.29, 1.82) is 0 Å². The van der Waals surface area contributed by atoms with Gasteiger partial charge in [-0.25, -0.2) is 0 Å². The van der Waals surface area contributed by atoms with Gasteiger partial charge in [0.2, 0.25) is 0 Å². The van der Waals surface area contributed by atoms with Gasteiger partial charge in [-0.2, -0.15) is 0 Å². The largest absolute Gasteiger partial charge is 0.321 e. The van der Waals surface area contributed by atoms with Crippen molar-refractivity contribution in [2.24, 2.45) is 5.73 Å². The number of nitrogens with two attached hydrogens (primary N) is 1. The van der Waals surface area contributed by atoms with Crippen molar-refractivity contribution in [3.63, 3.8) is 0 Å². The molecular formula is C8H9BrN2. The average molecular weight is 213 g/mol. The van der Waals surface area contributed by atoms with Crippen LogP contribution in [0.5, 0.6) is 0 Å². The Labute approximate surface area is 74.3 Å². The summed E-state index contributed by atoms with van der Waals surface area (Å²) in [7, 11) is 0. The first kappa shape index (κ1) is 8.43. The molecular weight excluding hydrogens is 204 g/mol. The highest BCUT2D eigenvalue weighted by molar-refractivity contribution is 9.10. The van der Waals surface area contributed by atoms with Crippen LogP contribution in [0.3, 0.4) is 0 Å². The number of pyridine rings is 1. The minimum absolute atomic E-state index is 0.125. The third-order valence-corrected chi connectivity index (χ3v) is 1.80. The van der Waals surface area contributed by atoms with Crippen LogP contribution in [0.1, 0.15) is 11.6 Å². The van der Waals surface area contributed by atoms with Gasteiger partial charge in [0.05, 0.1) is 0 Å². The van der Waals surface area contributed by atoms with Crippen molar-refractivity contribution < 1.29 is 0 Å². The van der Waals surface area contributed by atoms with E-state index in [2.05, 4.69) is 27.5 Å². The molecule has 0 bridgehead atoms. The van der Waals surface area contributed by atoms with Gasteiger partial charge < -0.3 is 5.73 Å². The topological polar surface area (TPSA) is 38.9 Å². The van der Waals surface area contributed by atoms with Crippen LogP contribution >= 0.6 is 15.9 Å². The molecule has 11 heavy (non-hydrogen) atoms. The van der Waals surface area contributed by atoms with Gasteiger partial charge in [-0.15, -0.1) is 6.58 Å². The van der Waals surface area contributed by atoms with Gasteiger partial charge >= 0.3 is 0 Å². The smallest absolute Gasteiger partial charge is 0.0494 e. The Morgan fingerprint density at radius 3 is 2.91 bits per heavy atom. The van der Waals surface area contributed by atoms with Crippen LogP contribution in [0.4, 0.5) is 0 Å². The zero-order chi connectivity index (χ0) is 8.27. The molecule has 0 aliphatic rings. The molecule has 1 heterocycles. The number of aromatic nitrogens is 1. The molecule has 2 nitrogen and oxygen atoms in total. The summed E-state index contributed by atoms with van der Waals surface area (Å²) in [6.45, 7) is 3.60. The molecule has 58 valence electrons. The van der Waals surface area contributed by atoms with Crippen molar-refractivity contribution in [1.82, 2.24) is 4.98 Å². The maximum Gasteiger partial charge on any atom is 0.0494 e. The molecule has 0 saturated carbocycles. The summed E-state index contributed by atoms with van der Waals surface area (Å²) in [5.74, 6) is 0. The standard InChI is InChI=1S/C8H9BrN2/c1-2-8(10)6-3-7(9)5-11-4-6/h2-5,8H,1,10H2/t8-/m1/s1. The van der Waals surface area contributed by atoms with E-state index in [1.54, 1.807) is 18.5 Å². The number of hydrogen-bond acceptors (Lipinski definition) is 2. The van der Waals surface area contributed by atoms with Crippen LogP contribution in [0, 0.1) is 0 Å². The Morgan fingerprint density at radius 2 is 2.36 bits per heavy atom. The molecule has 0 fully saturated rings. The zero-order valence-electron chi connectivity index (χ0n) is 6.00.